The van der Waals surface area contributed by atoms with E-state index in [4.69, 9.17) is 5.73 Å². The van der Waals surface area contributed by atoms with Crippen molar-refractivity contribution < 1.29 is 4.39 Å². The van der Waals surface area contributed by atoms with Crippen molar-refractivity contribution in [3.05, 3.63) is 24.0 Å². The molecule has 1 heterocycles. The Morgan fingerprint density at radius 3 is 2.56 bits per heavy atom. The van der Waals surface area contributed by atoms with Crippen LogP contribution in [0, 0.1) is 11.7 Å². The molecule has 0 unspecified atom stereocenters. The van der Waals surface area contributed by atoms with Crippen molar-refractivity contribution in [2.45, 2.75) is 12.8 Å². The molecule has 0 aromatic heterocycles. The summed E-state index contributed by atoms with van der Waals surface area (Å²) in [6, 6.07) is 4.62. The number of benzene rings is 1. The summed E-state index contributed by atoms with van der Waals surface area (Å²) in [6.45, 7) is 5.26. The Balaban J connectivity index is 1.62. The number of rotatable bonds is 3. The second-order valence-electron chi connectivity index (χ2n) is 5.43. The Morgan fingerprint density at radius 2 is 1.89 bits per heavy atom. The van der Waals surface area contributed by atoms with Gasteiger partial charge in [-0.25, -0.2) is 4.39 Å². The van der Waals surface area contributed by atoms with Gasteiger partial charge >= 0.3 is 0 Å². The molecular formula is C14H20FN3. The average Bonchev–Trinajstić information content (AvgIpc) is 3.17. The lowest BCUT2D eigenvalue weighted by Gasteiger charge is -2.36. The topological polar surface area (TPSA) is 32.5 Å². The third kappa shape index (κ3) is 2.58. The summed E-state index contributed by atoms with van der Waals surface area (Å²) < 4.78 is 13.3. The van der Waals surface area contributed by atoms with Crippen LogP contribution in [0.1, 0.15) is 12.8 Å². The molecule has 2 aliphatic rings. The first-order valence-electron chi connectivity index (χ1n) is 6.75. The zero-order valence-electron chi connectivity index (χ0n) is 10.6. The van der Waals surface area contributed by atoms with Crippen molar-refractivity contribution in [2.75, 3.05) is 43.4 Å². The first kappa shape index (κ1) is 11.8. The van der Waals surface area contributed by atoms with Gasteiger partial charge in [0.2, 0.25) is 0 Å². The van der Waals surface area contributed by atoms with Gasteiger partial charge in [0.25, 0.3) is 0 Å². The lowest BCUT2D eigenvalue weighted by atomic mass is 10.2. The molecule has 3 nitrogen and oxygen atoms in total. The number of piperazine rings is 1. The summed E-state index contributed by atoms with van der Waals surface area (Å²) in [5.41, 5.74) is 7.45. The minimum Gasteiger partial charge on any atom is -0.397 e. The van der Waals surface area contributed by atoms with E-state index in [1.807, 2.05) is 0 Å². The monoisotopic (exact) mass is 249 g/mol. The van der Waals surface area contributed by atoms with Gasteiger partial charge in [0.15, 0.2) is 0 Å². The van der Waals surface area contributed by atoms with E-state index in [1.165, 1.54) is 25.5 Å². The summed E-state index contributed by atoms with van der Waals surface area (Å²) in [6.07, 6.45) is 2.80. The number of nitrogens with two attached hydrogens (primary N) is 1. The highest BCUT2D eigenvalue weighted by atomic mass is 19.1. The molecule has 1 aromatic carbocycles. The molecule has 2 N–H and O–H groups in total. The summed E-state index contributed by atoms with van der Waals surface area (Å²) in [7, 11) is 0. The van der Waals surface area contributed by atoms with E-state index in [0.29, 0.717) is 5.69 Å². The minimum atomic E-state index is -0.209. The van der Waals surface area contributed by atoms with Crippen LogP contribution < -0.4 is 10.6 Å². The molecule has 0 atom stereocenters. The third-order valence-corrected chi connectivity index (χ3v) is 3.92. The summed E-state index contributed by atoms with van der Waals surface area (Å²) in [4.78, 5) is 4.71. The van der Waals surface area contributed by atoms with E-state index < -0.39 is 0 Å². The highest BCUT2D eigenvalue weighted by Gasteiger charge is 2.26. The highest BCUT2D eigenvalue weighted by molar-refractivity contribution is 5.67. The zero-order chi connectivity index (χ0) is 12.5. The molecule has 1 aromatic rings. The number of nitrogens with zero attached hydrogens (tertiary/aromatic N) is 2. The lowest BCUT2D eigenvalue weighted by molar-refractivity contribution is 0.248. The number of nitrogen functional groups attached to an aromatic ring is 1. The SMILES string of the molecule is Nc1ccc(F)cc1N1CCN(CC2CC2)CC1. The summed E-state index contributed by atoms with van der Waals surface area (Å²) in [5, 5.41) is 0. The Morgan fingerprint density at radius 1 is 1.17 bits per heavy atom. The third-order valence-electron chi connectivity index (χ3n) is 3.92. The molecule has 1 aliphatic carbocycles. The lowest BCUT2D eigenvalue weighted by Crippen LogP contribution is -2.47. The highest BCUT2D eigenvalue weighted by Crippen LogP contribution is 2.30. The van der Waals surface area contributed by atoms with Crippen molar-refractivity contribution in [2.24, 2.45) is 5.92 Å². The number of hydrogen-bond donors (Lipinski definition) is 1. The first-order valence-corrected chi connectivity index (χ1v) is 6.75. The first-order chi connectivity index (χ1) is 8.72. The molecule has 0 bridgehead atoms. The molecule has 0 radical (unpaired) electrons. The molecular weight excluding hydrogens is 229 g/mol. The van der Waals surface area contributed by atoms with Crippen molar-refractivity contribution in [1.82, 2.24) is 4.90 Å². The van der Waals surface area contributed by atoms with Crippen LogP contribution in [0.15, 0.2) is 18.2 Å². The summed E-state index contributed by atoms with van der Waals surface area (Å²) in [5.74, 6) is 0.732. The molecule has 4 heteroatoms. The smallest absolute Gasteiger partial charge is 0.125 e. The molecule has 1 aliphatic heterocycles. The average molecular weight is 249 g/mol. The standard InChI is InChI=1S/C14H20FN3/c15-12-3-4-13(16)14(9-12)18-7-5-17(6-8-18)10-11-1-2-11/h3-4,9,11H,1-2,5-8,10,16H2. The maximum Gasteiger partial charge on any atom is 0.125 e. The van der Waals surface area contributed by atoms with Gasteiger partial charge in [-0.2, -0.15) is 0 Å². The van der Waals surface area contributed by atoms with E-state index >= 15 is 0 Å². The van der Waals surface area contributed by atoms with E-state index in [1.54, 1.807) is 12.1 Å². The van der Waals surface area contributed by atoms with Crippen LogP contribution in [0.25, 0.3) is 0 Å². The second kappa shape index (κ2) is 4.76. The molecule has 1 saturated carbocycles. The molecule has 3 rings (SSSR count). The molecule has 2 fully saturated rings. The summed E-state index contributed by atoms with van der Waals surface area (Å²) >= 11 is 0. The molecule has 98 valence electrons. The fourth-order valence-corrected chi connectivity index (χ4v) is 2.63. The van der Waals surface area contributed by atoms with Crippen molar-refractivity contribution in [3.63, 3.8) is 0 Å². The second-order valence-corrected chi connectivity index (χ2v) is 5.43. The Bertz CT molecular complexity index is 423. The normalized spacial score (nSPS) is 21.3. The van der Waals surface area contributed by atoms with Crippen molar-refractivity contribution in [1.29, 1.82) is 0 Å². The maximum absolute atomic E-state index is 13.3. The van der Waals surface area contributed by atoms with Crippen LogP contribution in [0.4, 0.5) is 15.8 Å². The van der Waals surface area contributed by atoms with Gasteiger partial charge in [-0.3, -0.25) is 4.90 Å². The molecule has 1 saturated heterocycles. The van der Waals surface area contributed by atoms with Gasteiger partial charge in [-0.05, 0) is 37.0 Å². The van der Waals surface area contributed by atoms with E-state index in [-0.39, 0.29) is 5.82 Å². The number of anilines is 2. The largest absolute Gasteiger partial charge is 0.397 e. The Hall–Kier alpha value is -1.29. The van der Waals surface area contributed by atoms with Gasteiger partial charge in [-0.15, -0.1) is 0 Å². The number of halogens is 1. The fourth-order valence-electron chi connectivity index (χ4n) is 2.63. The van der Waals surface area contributed by atoms with Crippen LogP contribution in [0.3, 0.4) is 0 Å². The maximum atomic E-state index is 13.3. The van der Waals surface area contributed by atoms with Crippen LogP contribution in [-0.2, 0) is 0 Å². The van der Waals surface area contributed by atoms with E-state index in [9.17, 15) is 4.39 Å². The zero-order valence-corrected chi connectivity index (χ0v) is 10.6. The van der Waals surface area contributed by atoms with Crippen LogP contribution in [0.5, 0.6) is 0 Å². The van der Waals surface area contributed by atoms with Gasteiger partial charge in [-0.1, -0.05) is 0 Å². The van der Waals surface area contributed by atoms with Gasteiger partial charge < -0.3 is 10.6 Å². The predicted octanol–water partition coefficient (Wildman–Crippen LogP) is 1.94. The van der Waals surface area contributed by atoms with Crippen molar-refractivity contribution in [3.8, 4) is 0 Å². The van der Waals surface area contributed by atoms with Gasteiger partial charge in [0.1, 0.15) is 5.82 Å². The number of hydrogen-bond acceptors (Lipinski definition) is 3. The van der Waals surface area contributed by atoms with Gasteiger partial charge in [0, 0.05) is 32.7 Å². The quantitative estimate of drug-likeness (QED) is 0.831. The van der Waals surface area contributed by atoms with Gasteiger partial charge in [0.05, 0.1) is 11.4 Å². The van der Waals surface area contributed by atoms with Crippen LogP contribution >= 0.6 is 0 Å². The Kier molecular flexibility index (Phi) is 3.12. The predicted molar refractivity (Wildman–Crippen MR) is 72.2 cm³/mol. The van der Waals surface area contributed by atoms with Crippen LogP contribution in [-0.4, -0.2) is 37.6 Å². The fraction of sp³-hybridized carbons (Fsp3) is 0.571. The minimum absolute atomic E-state index is 0.209. The van der Waals surface area contributed by atoms with Crippen molar-refractivity contribution >= 4 is 11.4 Å². The van der Waals surface area contributed by atoms with E-state index in [2.05, 4.69) is 9.80 Å². The molecule has 0 amide bonds. The van der Waals surface area contributed by atoms with E-state index in [0.717, 1.165) is 37.8 Å². The van der Waals surface area contributed by atoms with Crippen LogP contribution in [0.2, 0.25) is 0 Å². The molecule has 18 heavy (non-hydrogen) atoms. The Labute approximate surface area is 107 Å². The molecule has 0 spiro atoms.